The molecular formula is C12H22N2O. The topological polar surface area (TPSA) is 32.3 Å². The average molecular weight is 210 g/mol. The molecule has 2 bridgehead atoms. The second-order valence-electron chi connectivity index (χ2n) is 4.85. The van der Waals surface area contributed by atoms with Crippen LogP contribution in [-0.4, -0.2) is 36.0 Å². The minimum atomic E-state index is 0.360. The molecule has 1 amide bonds. The molecule has 15 heavy (non-hydrogen) atoms. The lowest BCUT2D eigenvalue weighted by atomic mass is 9.81. The van der Waals surface area contributed by atoms with Crippen LogP contribution in [0.3, 0.4) is 0 Å². The fourth-order valence-corrected chi connectivity index (χ4v) is 3.21. The van der Waals surface area contributed by atoms with Crippen LogP contribution in [0.15, 0.2) is 0 Å². The zero-order chi connectivity index (χ0) is 10.8. The monoisotopic (exact) mass is 210 g/mol. The smallest absolute Gasteiger partial charge is 0.222 e. The highest BCUT2D eigenvalue weighted by atomic mass is 16.2. The Kier molecular flexibility index (Phi) is 3.29. The van der Waals surface area contributed by atoms with Crippen LogP contribution in [0, 0.1) is 0 Å². The van der Waals surface area contributed by atoms with Gasteiger partial charge in [0.15, 0.2) is 0 Å². The maximum Gasteiger partial charge on any atom is 0.222 e. The van der Waals surface area contributed by atoms with E-state index in [4.69, 9.17) is 0 Å². The van der Waals surface area contributed by atoms with Crippen LogP contribution in [0.4, 0.5) is 0 Å². The molecule has 86 valence electrons. The van der Waals surface area contributed by atoms with Crippen molar-refractivity contribution in [3.63, 3.8) is 0 Å². The van der Waals surface area contributed by atoms with Crippen LogP contribution in [0.2, 0.25) is 0 Å². The Morgan fingerprint density at radius 2 is 1.93 bits per heavy atom. The molecule has 1 unspecified atom stereocenters. The highest BCUT2D eigenvalue weighted by Gasteiger charge is 2.39. The van der Waals surface area contributed by atoms with Crippen molar-refractivity contribution in [2.75, 3.05) is 7.05 Å². The first-order valence-electron chi connectivity index (χ1n) is 6.24. The second kappa shape index (κ2) is 4.52. The van der Waals surface area contributed by atoms with E-state index in [2.05, 4.69) is 10.2 Å². The first kappa shape index (κ1) is 10.9. The minimum absolute atomic E-state index is 0.360. The van der Waals surface area contributed by atoms with Gasteiger partial charge in [-0.15, -0.1) is 0 Å². The highest BCUT2D eigenvalue weighted by Crippen LogP contribution is 2.34. The summed E-state index contributed by atoms with van der Waals surface area (Å²) in [5, 5.41) is 3.37. The van der Waals surface area contributed by atoms with E-state index >= 15 is 0 Å². The van der Waals surface area contributed by atoms with Crippen LogP contribution in [0.5, 0.6) is 0 Å². The summed E-state index contributed by atoms with van der Waals surface area (Å²) in [7, 11) is 2.04. The molecule has 2 aliphatic rings. The summed E-state index contributed by atoms with van der Waals surface area (Å²) in [6.45, 7) is 1.97. The van der Waals surface area contributed by atoms with E-state index in [1.165, 1.54) is 19.3 Å². The number of amides is 1. The van der Waals surface area contributed by atoms with E-state index < -0.39 is 0 Å². The molecule has 0 radical (unpaired) electrons. The molecule has 0 aromatic heterocycles. The van der Waals surface area contributed by atoms with Gasteiger partial charge >= 0.3 is 0 Å². The number of nitrogens with zero attached hydrogens (tertiary/aromatic N) is 1. The summed E-state index contributed by atoms with van der Waals surface area (Å²) in [5.41, 5.74) is 0. The molecule has 2 aliphatic heterocycles. The van der Waals surface area contributed by atoms with Crippen molar-refractivity contribution < 1.29 is 4.79 Å². The molecule has 0 spiro atoms. The van der Waals surface area contributed by atoms with Gasteiger partial charge in [0.05, 0.1) is 0 Å². The molecule has 2 fully saturated rings. The van der Waals surface area contributed by atoms with Gasteiger partial charge in [-0.3, -0.25) is 4.79 Å². The molecule has 1 N–H and O–H groups in total. The average Bonchev–Trinajstić information content (AvgIpc) is 2.26. The van der Waals surface area contributed by atoms with Crippen LogP contribution in [-0.2, 0) is 4.79 Å². The highest BCUT2D eigenvalue weighted by molar-refractivity contribution is 5.76. The lowest BCUT2D eigenvalue weighted by molar-refractivity contribution is -0.141. The molecule has 3 heteroatoms. The van der Waals surface area contributed by atoms with Gasteiger partial charge in [-0.2, -0.15) is 0 Å². The number of hydrogen-bond donors (Lipinski definition) is 1. The molecule has 0 saturated carbocycles. The van der Waals surface area contributed by atoms with Gasteiger partial charge in [-0.05, 0) is 39.2 Å². The Labute approximate surface area is 92.2 Å². The van der Waals surface area contributed by atoms with Crippen LogP contribution >= 0.6 is 0 Å². The number of carbonyl (C=O) groups excluding carboxylic acids is 1. The summed E-state index contributed by atoms with van der Waals surface area (Å²) in [5.74, 6) is 0.360. The van der Waals surface area contributed by atoms with Gasteiger partial charge in [0, 0.05) is 24.5 Å². The quantitative estimate of drug-likeness (QED) is 0.749. The van der Waals surface area contributed by atoms with Crippen molar-refractivity contribution in [3.05, 3.63) is 0 Å². The molecule has 2 saturated heterocycles. The SMILES string of the molecule is CCC(=O)N1[C@@H]2CCC[C@H]1CC(NC)C2. The Hall–Kier alpha value is -0.570. The normalized spacial score (nSPS) is 35.3. The van der Waals surface area contributed by atoms with Gasteiger partial charge in [-0.25, -0.2) is 0 Å². The number of rotatable bonds is 2. The van der Waals surface area contributed by atoms with Crippen LogP contribution in [0.25, 0.3) is 0 Å². The summed E-state index contributed by atoms with van der Waals surface area (Å²) >= 11 is 0. The molecule has 0 aliphatic carbocycles. The van der Waals surface area contributed by atoms with E-state index in [0.717, 1.165) is 12.8 Å². The molecule has 2 rings (SSSR count). The zero-order valence-electron chi connectivity index (χ0n) is 9.83. The first-order valence-corrected chi connectivity index (χ1v) is 6.24. The molecular weight excluding hydrogens is 188 g/mol. The van der Waals surface area contributed by atoms with Gasteiger partial charge in [0.2, 0.25) is 5.91 Å². The molecule has 0 aromatic rings. The Balaban J connectivity index is 2.10. The van der Waals surface area contributed by atoms with Gasteiger partial charge in [0.1, 0.15) is 0 Å². The third kappa shape index (κ3) is 2.03. The molecule has 3 nitrogen and oxygen atoms in total. The number of piperidine rings is 2. The predicted molar refractivity (Wildman–Crippen MR) is 60.6 cm³/mol. The summed E-state index contributed by atoms with van der Waals surface area (Å²) in [6, 6.07) is 1.66. The number of fused-ring (bicyclic) bond motifs is 2. The van der Waals surface area contributed by atoms with Gasteiger partial charge < -0.3 is 10.2 Å². The van der Waals surface area contributed by atoms with Crippen molar-refractivity contribution in [1.29, 1.82) is 0 Å². The van der Waals surface area contributed by atoms with E-state index in [-0.39, 0.29) is 0 Å². The maximum absolute atomic E-state index is 11.9. The standard InChI is InChI=1S/C12H22N2O/c1-3-12(15)14-10-5-4-6-11(14)8-9(7-10)13-2/h9-11,13H,3-8H2,1-2H3/t9?,10-,11+. The third-order valence-corrected chi connectivity index (χ3v) is 3.97. The van der Waals surface area contributed by atoms with Crippen molar-refractivity contribution in [1.82, 2.24) is 10.2 Å². The number of carbonyl (C=O) groups is 1. The van der Waals surface area contributed by atoms with E-state index in [9.17, 15) is 4.79 Å². The fourth-order valence-electron chi connectivity index (χ4n) is 3.21. The fraction of sp³-hybridized carbons (Fsp3) is 0.917. The molecule has 3 atom stereocenters. The van der Waals surface area contributed by atoms with Gasteiger partial charge in [0.25, 0.3) is 0 Å². The van der Waals surface area contributed by atoms with Gasteiger partial charge in [-0.1, -0.05) is 6.92 Å². The number of nitrogens with one attached hydrogen (secondary N) is 1. The minimum Gasteiger partial charge on any atom is -0.337 e. The summed E-state index contributed by atoms with van der Waals surface area (Å²) in [6.07, 6.45) is 6.69. The predicted octanol–water partition coefficient (Wildman–Crippen LogP) is 1.53. The molecule has 2 heterocycles. The Morgan fingerprint density at radius 1 is 1.33 bits per heavy atom. The van der Waals surface area contributed by atoms with Crippen LogP contribution < -0.4 is 5.32 Å². The maximum atomic E-state index is 11.9. The second-order valence-corrected chi connectivity index (χ2v) is 4.85. The van der Waals surface area contributed by atoms with E-state index in [0.29, 0.717) is 30.5 Å². The first-order chi connectivity index (χ1) is 7.26. The van der Waals surface area contributed by atoms with Crippen molar-refractivity contribution in [2.24, 2.45) is 0 Å². The zero-order valence-corrected chi connectivity index (χ0v) is 9.83. The van der Waals surface area contributed by atoms with E-state index in [1.54, 1.807) is 0 Å². The summed E-state index contributed by atoms with van der Waals surface area (Å²) in [4.78, 5) is 14.1. The lowest BCUT2D eigenvalue weighted by Crippen LogP contribution is -2.57. The van der Waals surface area contributed by atoms with Crippen molar-refractivity contribution in [2.45, 2.75) is 63.6 Å². The van der Waals surface area contributed by atoms with Crippen molar-refractivity contribution >= 4 is 5.91 Å². The third-order valence-electron chi connectivity index (χ3n) is 3.97. The number of hydrogen-bond acceptors (Lipinski definition) is 2. The lowest BCUT2D eigenvalue weighted by Gasteiger charge is -2.49. The van der Waals surface area contributed by atoms with Crippen LogP contribution in [0.1, 0.15) is 45.4 Å². The van der Waals surface area contributed by atoms with Crippen molar-refractivity contribution in [3.8, 4) is 0 Å². The largest absolute Gasteiger partial charge is 0.337 e. The molecule has 0 aromatic carbocycles. The summed E-state index contributed by atoms with van der Waals surface area (Å²) < 4.78 is 0. The van der Waals surface area contributed by atoms with E-state index in [1.807, 2.05) is 14.0 Å². The Bertz CT molecular complexity index is 228. The Morgan fingerprint density at radius 3 is 2.40 bits per heavy atom.